The molecule has 3 rings (SSSR count). The molecule has 25 heavy (non-hydrogen) atoms. The van der Waals surface area contributed by atoms with Crippen LogP contribution in [-0.2, 0) is 11.8 Å². The first kappa shape index (κ1) is 16.7. The average Bonchev–Trinajstić information content (AvgIpc) is 3.01. The van der Waals surface area contributed by atoms with Crippen LogP contribution in [0.4, 0.5) is 5.69 Å². The summed E-state index contributed by atoms with van der Waals surface area (Å²) in [6.07, 6.45) is 0. The minimum absolute atomic E-state index is 0.163. The number of nitrogens with zero attached hydrogens (tertiary/aromatic N) is 4. The minimum Gasteiger partial charge on any atom is -0.325 e. The molecule has 6 nitrogen and oxygen atoms in total. The number of nitriles is 1. The van der Waals surface area contributed by atoms with Crippen molar-refractivity contribution in [3.8, 4) is 17.5 Å². The number of carbonyl (C=O) groups excluding carboxylic acids is 1. The fourth-order valence-electron chi connectivity index (χ4n) is 2.27. The van der Waals surface area contributed by atoms with E-state index >= 15 is 0 Å². The number of hydrogen-bond acceptors (Lipinski definition) is 5. The molecule has 7 heteroatoms. The number of hydrogen-bond donors (Lipinski definition) is 1. The SMILES string of the molecule is Cn1c(SCC(=O)Nc2cccc(C#N)c2)nnc1-c1ccccc1. The molecule has 2 aromatic carbocycles. The van der Waals surface area contributed by atoms with Crippen LogP contribution in [0.2, 0.25) is 0 Å². The minimum atomic E-state index is -0.163. The van der Waals surface area contributed by atoms with E-state index < -0.39 is 0 Å². The smallest absolute Gasteiger partial charge is 0.234 e. The zero-order chi connectivity index (χ0) is 17.6. The standard InChI is InChI=1S/C18H15N5OS/c1-23-17(14-7-3-2-4-8-14)21-22-18(23)25-12-16(24)20-15-9-5-6-13(10-15)11-19/h2-10H,12H2,1H3,(H,20,24). The third kappa shape index (κ3) is 4.05. The molecular formula is C18H15N5OS. The predicted molar refractivity (Wildman–Crippen MR) is 96.9 cm³/mol. The summed E-state index contributed by atoms with van der Waals surface area (Å²) in [4.78, 5) is 12.1. The summed E-state index contributed by atoms with van der Waals surface area (Å²) in [6, 6.07) is 18.6. The maximum atomic E-state index is 12.1. The molecule has 0 atom stereocenters. The van der Waals surface area contributed by atoms with Gasteiger partial charge in [0.15, 0.2) is 11.0 Å². The van der Waals surface area contributed by atoms with Gasteiger partial charge in [-0.1, -0.05) is 48.2 Å². The highest BCUT2D eigenvalue weighted by Crippen LogP contribution is 2.22. The number of thioether (sulfide) groups is 1. The lowest BCUT2D eigenvalue weighted by atomic mass is 10.2. The molecule has 0 fully saturated rings. The molecule has 0 unspecified atom stereocenters. The van der Waals surface area contributed by atoms with E-state index in [9.17, 15) is 4.79 Å². The summed E-state index contributed by atoms with van der Waals surface area (Å²) in [5.74, 6) is 0.798. The lowest BCUT2D eigenvalue weighted by Gasteiger charge is -2.06. The largest absolute Gasteiger partial charge is 0.325 e. The molecule has 1 heterocycles. The van der Waals surface area contributed by atoms with Crippen LogP contribution < -0.4 is 5.32 Å². The first-order valence-corrected chi connectivity index (χ1v) is 8.53. The Labute approximate surface area is 149 Å². The van der Waals surface area contributed by atoms with Crippen LogP contribution in [-0.4, -0.2) is 26.4 Å². The third-order valence-electron chi connectivity index (χ3n) is 3.47. The van der Waals surface area contributed by atoms with Crippen molar-refractivity contribution in [2.45, 2.75) is 5.16 Å². The maximum Gasteiger partial charge on any atom is 0.234 e. The summed E-state index contributed by atoms with van der Waals surface area (Å²) in [5.41, 5.74) is 2.08. The number of aromatic nitrogens is 3. The maximum absolute atomic E-state index is 12.1. The van der Waals surface area contributed by atoms with Crippen molar-refractivity contribution in [2.24, 2.45) is 7.05 Å². The first-order chi connectivity index (χ1) is 12.2. The second kappa shape index (κ2) is 7.64. The number of nitrogens with one attached hydrogen (secondary N) is 1. The molecule has 0 spiro atoms. The van der Waals surface area contributed by atoms with Gasteiger partial charge >= 0.3 is 0 Å². The van der Waals surface area contributed by atoms with E-state index in [0.717, 1.165) is 11.4 Å². The molecule has 0 aliphatic carbocycles. The average molecular weight is 349 g/mol. The molecule has 0 radical (unpaired) electrons. The van der Waals surface area contributed by atoms with Crippen molar-refractivity contribution in [2.75, 3.05) is 11.1 Å². The number of amides is 1. The Bertz CT molecular complexity index is 930. The number of anilines is 1. The molecule has 1 aromatic heterocycles. The van der Waals surface area contributed by atoms with Crippen LogP contribution in [0, 0.1) is 11.3 Å². The van der Waals surface area contributed by atoms with Crippen LogP contribution in [0.3, 0.4) is 0 Å². The quantitative estimate of drug-likeness (QED) is 0.716. The van der Waals surface area contributed by atoms with Crippen molar-refractivity contribution in [1.29, 1.82) is 5.26 Å². The molecule has 124 valence electrons. The van der Waals surface area contributed by atoms with Gasteiger partial charge in [-0.25, -0.2) is 0 Å². The van der Waals surface area contributed by atoms with Crippen LogP contribution in [0.25, 0.3) is 11.4 Å². The van der Waals surface area contributed by atoms with E-state index in [1.54, 1.807) is 24.3 Å². The van der Waals surface area contributed by atoms with E-state index in [1.807, 2.05) is 48.0 Å². The van der Waals surface area contributed by atoms with Gasteiger partial charge in [-0.05, 0) is 18.2 Å². The fourth-order valence-corrected chi connectivity index (χ4v) is 2.98. The van der Waals surface area contributed by atoms with Crippen molar-refractivity contribution in [3.63, 3.8) is 0 Å². The van der Waals surface area contributed by atoms with Crippen LogP contribution >= 0.6 is 11.8 Å². The second-order valence-electron chi connectivity index (χ2n) is 5.26. The van der Waals surface area contributed by atoms with Gasteiger partial charge in [-0.2, -0.15) is 5.26 Å². The Balaban J connectivity index is 1.63. The molecule has 1 N–H and O–H groups in total. The highest BCUT2D eigenvalue weighted by Gasteiger charge is 2.12. The molecule has 0 bridgehead atoms. The van der Waals surface area contributed by atoms with Crippen molar-refractivity contribution in [1.82, 2.24) is 14.8 Å². The van der Waals surface area contributed by atoms with Gasteiger partial charge in [0.1, 0.15) is 0 Å². The highest BCUT2D eigenvalue weighted by atomic mass is 32.2. The zero-order valence-corrected chi connectivity index (χ0v) is 14.3. The van der Waals surface area contributed by atoms with E-state index in [1.165, 1.54) is 11.8 Å². The first-order valence-electron chi connectivity index (χ1n) is 7.55. The molecule has 0 saturated heterocycles. The summed E-state index contributed by atoms with van der Waals surface area (Å²) in [6.45, 7) is 0. The van der Waals surface area contributed by atoms with E-state index in [0.29, 0.717) is 16.4 Å². The Morgan fingerprint density at radius 1 is 1.20 bits per heavy atom. The van der Waals surface area contributed by atoms with Crippen molar-refractivity contribution >= 4 is 23.4 Å². The Kier molecular flexibility index (Phi) is 5.11. The van der Waals surface area contributed by atoms with E-state index in [-0.39, 0.29) is 11.7 Å². The molecule has 0 aliphatic heterocycles. The van der Waals surface area contributed by atoms with Crippen LogP contribution in [0.5, 0.6) is 0 Å². The topological polar surface area (TPSA) is 83.6 Å². The fraction of sp³-hybridized carbons (Fsp3) is 0.111. The van der Waals surface area contributed by atoms with Crippen molar-refractivity contribution in [3.05, 3.63) is 60.2 Å². The van der Waals surface area contributed by atoms with Gasteiger partial charge in [-0.3, -0.25) is 4.79 Å². The monoisotopic (exact) mass is 349 g/mol. The van der Waals surface area contributed by atoms with E-state index in [4.69, 9.17) is 5.26 Å². The van der Waals surface area contributed by atoms with Gasteiger partial charge in [0.2, 0.25) is 5.91 Å². The zero-order valence-electron chi connectivity index (χ0n) is 13.5. The highest BCUT2D eigenvalue weighted by molar-refractivity contribution is 7.99. The summed E-state index contributed by atoms with van der Waals surface area (Å²) < 4.78 is 1.86. The molecule has 3 aromatic rings. The van der Waals surface area contributed by atoms with Crippen molar-refractivity contribution < 1.29 is 4.79 Å². The predicted octanol–water partition coefficient (Wildman–Crippen LogP) is 3.08. The number of carbonyl (C=O) groups is 1. The van der Waals surface area contributed by atoms with Gasteiger partial charge < -0.3 is 9.88 Å². The Morgan fingerprint density at radius 3 is 2.76 bits per heavy atom. The molecule has 0 aliphatic rings. The Morgan fingerprint density at radius 2 is 2.00 bits per heavy atom. The molecule has 0 saturated carbocycles. The lowest BCUT2D eigenvalue weighted by Crippen LogP contribution is -2.14. The van der Waals surface area contributed by atoms with E-state index in [2.05, 4.69) is 15.5 Å². The summed E-state index contributed by atoms with van der Waals surface area (Å²) in [7, 11) is 1.87. The number of benzene rings is 2. The van der Waals surface area contributed by atoms with Crippen LogP contribution in [0.15, 0.2) is 59.8 Å². The third-order valence-corrected chi connectivity index (χ3v) is 4.49. The molecule has 1 amide bonds. The van der Waals surface area contributed by atoms with Gasteiger partial charge in [0, 0.05) is 18.3 Å². The normalized spacial score (nSPS) is 10.2. The summed E-state index contributed by atoms with van der Waals surface area (Å²) >= 11 is 1.31. The van der Waals surface area contributed by atoms with Crippen LogP contribution in [0.1, 0.15) is 5.56 Å². The number of rotatable bonds is 5. The second-order valence-corrected chi connectivity index (χ2v) is 6.20. The van der Waals surface area contributed by atoms with Gasteiger partial charge in [0.25, 0.3) is 0 Å². The molecular weight excluding hydrogens is 334 g/mol. The summed E-state index contributed by atoms with van der Waals surface area (Å²) in [5, 5.41) is 20.7. The Hall–Kier alpha value is -3.11. The lowest BCUT2D eigenvalue weighted by molar-refractivity contribution is -0.113. The van der Waals surface area contributed by atoms with Gasteiger partial charge in [-0.15, -0.1) is 10.2 Å². The van der Waals surface area contributed by atoms with Gasteiger partial charge in [0.05, 0.1) is 17.4 Å².